The van der Waals surface area contributed by atoms with Gasteiger partial charge in [-0.1, -0.05) is 29.8 Å². The van der Waals surface area contributed by atoms with Crippen LogP contribution in [0.2, 0.25) is 0 Å². The van der Waals surface area contributed by atoms with E-state index in [1.54, 1.807) is 0 Å². The molecule has 0 spiro atoms. The summed E-state index contributed by atoms with van der Waals surface area (Å²) in [5.41, 5.74) is 2.29. The third kappa shape index (κ3) is 4.73. The zero-order valence-corrected chi connectivity index (χ0v) is 21.6. The van der Waals surface area contributed by atoms with Crippen molar-refractivity contribution in [3.05, 3.63) is 45.0 Å². The first-order valence-corrected chi connectivity index (χ1v) is 13.5. The van der Waals surface area contributed by atoms with Crippen LogP contribution in [0.25, 0.3) is 10.2 Å². The number of nitrogens with one attached hydrogen (secondary N) is 1. The number of amides is 2. The SMILES string of the molecule is CCCc1nc(N2CCN(C(=O)Nc3ccc(Br)cc3)CC2)c2c3c(sc2n1)C[C@@H](C)CC3. The molecule has 8 heteroatoms. The third-order valence-electron chi connectivity index (χ3n) is 6.62. The molecule has 1 aliphatic carbocycles. The van der Waals surface area contributed by atoms with Gasteiger partial charge in [-0.15, -0.1) is 11.3 Å². The van der Waals surface area contributed by atoms with Crippen LogP contribution in [-0.4, -0.2) is 47.1 Å². The number of nitrogens with zero attached hydrogens (tertiary/aromatic N) is 4. The van der Waals surface area contributed by atoms with Gasteiger partial charge in [-0.2, -0.15) is 0 Å². The number of thiophene rings is 1. The highest BCUT2D eigenvalue weighted by molar-refractivity contribution is 9.10. The Kier molecular flexibility index (Phi) is 6.56. The summed E-state index contributed by atoms with van der Waals surface area (Å²) < 4.78 is 0.998. The van der Waals surface area contributed by atoms with Gasteiger partial charge >= 0.3 is 6.03 Å². The molecule has 5 rings (SSSR count). The number of aromatic nitrogens is 2. The second-order valence-electron chi connectivity index (χ2n) is 9.16. The highest BCUT2D eigenvalue weighted by atomic mass is 79.9. The van der Waals surface area contributed by atoms with Gasteiger partial charge in [0.2, 0.25) is 0 Å². The van der Waals surface area contributed by atoms with Crippen molar-refractivity contribution < 1.29 is 4.79 Å². The van der Waals surface area contributed by atoms with E-state index in [2.05, 4.69) is 40.0 Å². The largest absolute Gasteiger partial charge is 0.352 e. The number of hydrogen-bond acceptors (Lipinski definition) is 5. The monoisotopic (exact) mass is 527 g/mol. The molecule has 1 atom stereocenters. The number of fused-ring (bicyclic) bond motifs is 3. The van der Waals surface area contributed by atoms with Crippen LogP contribution in [0.15, 0.2) is 28.7 Å². The maximum atomic E-state index is 12.8. The lowest BCUT2D eigenvalue weighted by atomic mass is 9.89. The van der Waals surface area contributed by atoms with E-state index in [1.807, 2.05) is 40.5 Å². The molecule has 3 heterocycles. The summed E-state index contributed by atoms with van der Waals surface area (Å²) in [5, 5.41) is 4.29. The maximum absolute atomic E-state index is 12.8. The fourth-order valence-electron chi connectivity index (χ4n) is 4.79. The quantitative estimate of drug-likeness (QED) is 0.459. The fourth-order valence-corrected chi connectivity index (χ4v) is 6.45. The van der Waals surface area contributed by atoms with Gasteiger partial charge in [0.1, 0.15) is 16.5 Å². The van der Waals surface area contributed by atoms with E-state index >= 15 is 0 Å². The van der Waals surface area contributed by atoms with Gasteiger partial charge in [-0.05, 0) is 61.4 Å². The molecular weight excluding hydrogens is 498 g/mol. The Morgan fingerprint density at radius 2 is 1.94 bits per heavy atom. The van der Waals surface area contributed by atoms with Crippen LogP contribution in [0.1, 0.15) is 43.0 Å². The summed E-state index contributed by atoms with van der Waals surface area (Å²) in [4.78, 5) is 29.7. The van der Waals surface area contributed by atoms with Crippen molar-refractivity contribution in [3.63, 3.8) is 0 Å². The van der Waals surface area contributed by atoms with Crippen LogP contribution in [-0.2, 0) is 19.3 Å². The highest BCUT2D eigenvalue weighted by Crippen LogP contribution is 2.41. The summed E-state index contributed by atoms with van der Waals surface area (Å²) in [7, 11) is 0. The van der Waals surface area contributed by atoms with E-state index < -0.39 is 0 Å². The number of carbonyl (C=O) groups is 1. The Hall–Kier alpha value is -2.19. The van der Waals surface area contributed by atoms with E-state index in [0.717, 1.165) is 71.3 Å². The minimum absolute atomic E-state index is 0.0432. The van der Waals surface area contributed by atoms with Crippen LogP contribution < -0.4 is 10.2 Å². The number of rotatable bonds is 4. The molecular formula is C25H30BrN5OS. The molecule has 33 heavy (non-hydrogen) atoms. The smallest absolute Gasteiger partial charge is 0.321 e. The molecule has 1 saturated heterocycles. The minimum Gasteiger partial charge on any atom is -0.352 e. The van der Waals surface area contributed by atoms with E-state index in [4.69, 9.17) is 9.97 Å². The van der Waals surface area contributed by atoms with Crippen LogP contribution >= 0.6 is 27.3 Å². The molecule has 1 aromatic carbocycles. The second kappa shape index (κ2) is 9.58. The Bertz CT molecular complexity index is 1150. The summed E-state index contributed by atoms with van der Waals surface area (Å²) >= 11 is 5.31. The fraction of sp³-hybridized carbons (Fsp3) is 0.480. The van der Waals surface area contributed by atoms with Gasteiger partial charge < -0.3 is 15.1 Å². The molecule has 6 nitrogen and oxygen atoms in total. The van der Waals surface area contributed by atoms with Gasteiger partial charge in [0, 0.05) is 47.6 Å². The van der Waals surface area contributed by atoms with Gasteiger partial charge in [-0.3, -0.25) is 0 Å². The van der Waals surface area contributed by atoms with Crippen LogP contribution in [0, 0.1) is 5.92 Å². The number of piperazine rings is 1. The molecule has 0 unspecified atom stereocenters. The minimum atomic E-state index is -0.0432. The van der Waals surface area contributed by atoms with Gasteiger partial charge in [0.25, 0.3) is 0 Å². The lowest BCUT2D eigenvalue weighted by molar-refractivity contribution is 0.208. The van der Waals surface area contributed by atoms with Crippen molar-refractivity contribution in [2.75, 3.05) is 36.4 Å². The number of anilines is 2. The molecule has 174 valence electrons. The normalized spacial score (nSPS) is 18.5. The first kappa shape index (κ1) is 22.6. The molecule has 2 amide bonds. The second-order valence-corrected chi connectivity index (χ2v) is 11.2. The molecule has 1 N–H and O–H groups in total. The third-order valence-corrected chi connectivity index (χ3v) is 8.29. The average Bonchev–Trinajstić information content (AvgIpc) is 3.17. The lowest BCUT2D eigenvalue weighted by Gasteiger charge is -2.36. The first-order valence-electron chi connectivity index (χ1n) is 11.9. The summed E-state index contributed by atoms with van der Waals surface area (Å²) in [5.74, 6) is 2.77. The molecule has 0 bridgehead atoms. The summed E-state index contributed by atoms with van der Waals surface area (Å²) in [6.45, 7) is 7.46. The predicted octanol–water partition coefficient (Wildman–Crippen LogP) is 5.89. The van der Waals surface area contributed by atoms with Crippen molar-refractivity contribution in [1.82, 2.24) is 14.9 Å². The molecule has 0 saturated carbocycles. The van der Waals surface area contributed by atoms with Crippen molar-refractivity contribution in [3.8, 4) is 0 Å². The molecule has 2 aromatic heterocycles. The van der Waals surface area contributed by atoms with E-state index in [9.17, 15) is 4.79 Å². The van der Waals surface area contributed by atoms with Gasteiger partial charge in [-0.25, -0.2) is 14.8 Å². The van der Waals surface area contributed by atoms with E-state index in [0.29, 0.717) is 13.1 Å². The topological polar surface area (TPSA) is 61.4 Å². The summed E-state index contributed by atoms with van der Waals surface area (Å²) in [6.07, 6.45) is 5.45. The molecule has 1 aliphatic heterocycles. The lowest BCUT2D eigenvalue weighted by Crippen LogP contribution is -2.50. The number of halogens is 1. The van der Waals surface area contributed by atoms with Crippen molar-refractivity contribution in [2.24, 2.45) is 5.92 Å². The first-order chi connectivity index (χ1) is 16.0. The average molecular weight is 529 g/mol. The van der Waals surface area contributed by atoms with Gasteiger partial charge in [0.05, 0.1) is 5.39 Å². The van der Waals surface area contributed by atoms with Crippen LogP contribution in [0.5, 0.6) is 0 Å². The van der Waals surface area contributed by atoms with Crippen molar-refractivity contribution >= 4 is 55.0 Å². The van der Waals surface area contributed by atoms with Crippen LogP contribution in [0.3, 0.4) is 0 Å². The number of aryl methyl sites for hydroxylation is 2. The van der Waals surface area contributed by atoms with Crippen molar-refractivity contribution in [1.29, 1.82) is 0 Å². The molecule has 3 aromatic rings. The molecule has 1 fully saturated rings. The Labute approximate surface area is 207 Å². The number of urea groups is 1. The van der Waals surface area contributed by atoms with E-state index in [-0.39, 0.29) is 6.03 Å². The number of hydrogen-bond donors (Lipinski definition) is 1. The van der Waals surface area contributed by atoms with E-state index in [1.165, 1.54) is 22.2 Å². The number of carbonyl (C=O) groups excluding carboxylic acids is 1. The summed E-state index contributed by atoms with van der Waals surface area (Å²) in [6, 6.07) is 7.64. The zero-order chi connectivity index (χ0) is 22.9. The zero-order valence-electron chi connectivity index (χ0n) is 19.2. The van der Waals surface area contributed by atoms with Gasteiger partial charge in [0.15, 0.2) is 0 Å². The standard InChI is InChI=1S/C25H30BrN5OS/c1-3-4-21-28-23(22-19-10-5-16(2)15-20(19)33-24(22)29-21)30-11-13-31(14-12-30)25(32)27-18-8-6-17(26)7-9-18/h6-9,16H,3-5,10-15H2,1-2H3,(H,27,32)/t16-/m0/s1. The van der Waals surface area contributed by atoms with Crippen molar-refractivity contribution in [2.45, 2.75) is 46.0 Å². The highest BCUT2D eigenvalue weighted by Gasteiger charge is 2.28. The molecule has 0 radical (unpaired) electrons. The Morgan fingerprint density at radius 1 is 1.18 bits per heavy atom. The maximum Gasteiger partial charge on any atom is 0.321 e. The molecule has 2 aliphatic rings. The number of benzene rings is 1. The predicted molar refractivity (Wildman–Crippen MR) is 140 cm³/mol. The Morgan fingerprint density at radius 3 is 2.67 bits per heavy atom. The van der Waals surface area contributed by atoms with Crippen LogP contribution in [0.4, 0.5) is 16.3 Å². The Balaban J connectivity index is 1.36.